The second-order valence-electron chi connectivity index (χ2n) is 2.89. The molecule has 0 aliphatic rings. The van der Waals surface area contributed by atoms with Crippen LogP contribution < -0.4 is 11.5 Å². The third kappa shape index (κ3) is 3.46. The van der Waals surface area contributed by atoms with Crippen molar-refractivity contribution in [1.82, 2.24) is 0 Å². The number of aromatic hydroxyl groups is 1. The number of hydrogen-bond acceptors (Lipinski definition) is 3. The summed E-state index contributed by atoms with van der Waals surface area (Å²) in [5.74, 6) is 0.226. The van der Waals surface area contributed by atoms with Gasteiger partial charge in [0.25, 0.3) is 0 Å². The van der Waals surface area contributed by atoms with Crippen LogP contribution in [0.1, 0.15) is 18.0 Å². The molecule has 80 valence electrons. The van der Waals surface area contributed by atoms with Crippen molar-refractivity contribution in [3.63, 3.8) is 0 Å². The van der Waals surface area contributed by atoms with Crippen LogP contribution in [-0.4, -0.2) is 11.7 Å². The van der Waals surface area contributed by atoms with E-state index in [1.54, 1.807) is 12.1 Å². The van der Waals surface area contributed by atoms with Crippen molar-refractivity contribution in [2.45, 2.75) is 12.5 Å². The van der Waals surface area contributed by atoms with Crippen molar-refractivity contribution in [2.75, 3.05) is 6.54 Å². The van der Waals surface area contributed by atoms with Crippen LogP contribution in [0, 0.1) is 0 Å². The fourth-order valence-electron chi connectivity index (χ4n) is 1.10. The number of halogens is 2. The first kappa shape index (κ1) is 13.7. The maximum absolute atomic E-state index is 9.24. The molecule has 5 heteroatoms. The molecule has 0 saturated carbocycles. The van der Waals surface area contributed by atoms with Gasteiger partial charge in [0.2, 0.25) is 0 Å². The molecule has 0 heterocycles. The normalized spacial score (nSPS) is 11.9. The van der Waals surface area contributed by atoms with Gasteiger partial charge in [-0.2, -0.15) is 0 Å². The van der Waals surface area contributed by atoms with E-state index in [0.717, 1.165) is 12.0 Å². The minimum Gasteiger partial charge on any atom is -0.507 e. The van der Waals surface area contributed by atoms with Crippen LogP contribution in [0.4, 0.5) is 0 Å². The van der Waals surface area contributed by atoms with Gasteiger partial charge in [-0.15, -0.1) is 12.4 Å². The first-order chi connectivity index (χ1) is 6.15. The van der Waals surface area contributed by atoms with E-state index in [-0.39, 0.29) is 24.2 Å². The van der Waals surface area contributed by atoms with E-state index in [1.165, 1.54) is 0 Å². The molecule has 0 radical (unpaired) electrons. The van der Waals surface area contributed by atoms with E-state index < -0.39 is 0 Å². The number of nitrogens with two attached hydrogens (primary N) is 2. The average Bonchev–Trinajstić information content (AvgIpc) is 2.10. The number of benzene rings is 1. The van der Waals surface area contributed by atoms with Gasteiger partial charge in [-0.1, -0.05) is 6.07 Å². The van der Waals surface area contributed by atoms with Gasteiger partial charge in [0, 0.05) is 6.04 Å². The molecule has 1 aromatic carbocycles. The highest BCUT2D eigenvalue weighted by Gasteiger charge is 2.06. The Morgan fingerprint density at radius 3 is 2.57 bits per heavy atom. The van der Waals surface area contributed by atoms with E-state index in [4.69, 9.17) is 11.5 Å². The lowest BCUT2D eigenvalue weighted by molar-refractivity contribution is 0.471. The summed E-state index contributed by atoms with van der Waals surface area (Å²) in [7, 11) is 0. The molecule has 0 aromatic heterocycles. The largest absolute Gasteiger partial charge is 0.507 e. The maximum Gasteiger partial charge on any atom is 0.129 e. The molecule has 0 unspecified atom stereocenters. The van der Waals surface area contributed by atoms with Crippen molar-refractivity contribution in [3.8, 4) is 5.75 Å². The highest BCUT2D eigenvalue weighted by molar-refractivity contribution is 9.10. The smallest absolute Gasteiger partial charge is 0.129 e. The summed E-state index contributed by atoms with van der Waals surface area (Å²) in [4.78, 5) is 0. The lowest BCUT2D eigenvalue weighted by Crippen LogP contribution is -2.15. The summed E-state index contributed by atoms with van der Waals surface area (Å²) in [5.41, 5.74) is 12.2. The van der Waals surface area contributed by atoms with Gasteiger partial charge >= 0.3 is 0 Å². The van der Waals surface area contributed by atoms with Crippen molar-refractivity contribution >= 4 is 28.3 Å². The van der Waals surface area contributed by atoms with Crippen molar-refractivity contribution < 1.29 is 5.11 Å². The second-order valence-corrected chi connectivity index (χ2v) is 3.75. The van der Waals surface area contributed by atoms with Crippen LogP contribution in [-0.2, 0) is 0 Å². The summed E-state index contributed by atoms with van der Waals surface area (Å²) in [5, 5.41) is 9.24. The summed E-state index contributed by atoms with van der Waals surface area (Å²) >= 11 is 3.23. The Hall–Kier alpha value is -0.290. The molecular weight excluding hydrogens is 267 g/mol. The van der Waals surface area contributed by atoms with Gasteiger partial charge in [-0.05, 0) is 46.6 Å². The molecule has 1 atom stereocenters. The van der Waals surface area contributed by atoms with Gasteiger partial charge in [0.05, 0.1) is 4.47 Å². The third-order valence-corrected chi connectivity index (χ3v) is 2.51. The first-order valence-corrected chi connectivity index (χ1v) is 4.88. The van der Waals surface area contributed by atoms with Crippen LogP contribution in [0.3, 0.4) is 0 Å². The van der Waals surface area contributed by atoms with E-state index in [2.05, 4.69) is 15.9 Å². The standard InChI is InChI=1S/C9H13BrN2O.ClH/c10-7-5-6(1-2-9(7)13)8(12)3-4-11;/h1-2,5,8,13H,3-4,11-12H2;1H/t8-;/m1./s1. The molecule has 5 N–H and O–H groups in total. The van der Waals surface area contributed by atoms with Gasteiger partial charge < -0.3 is 16.6 Å². The first-order valence-electron chi connectivity index (χ1n) is 4.09. The highest BCUT2D eigenvalue weighted by atomic mass is 79.9. The zero-order chi connectivity index (χ0) is 9.84. The molecule has 0 aliphatic carbocycles. The molecule has 0 saturated heterocycles. The molecule has 0 fully saturated rings. The summed E-state index contributed by atoms with van der Waals surface area (Å²) in [6.07, 6.45) is 0.747. The minimum atomic E-state index is -0.0538. The van der Waals surface area contributed by atoms with E-state index in [0.29, 0.717) is 11.0 Å². The minimum absolute atomic E-state index is 0. The van der Waals surface area contributed by atoms with Gasteiger partial charge in [0.1, 0.15) is 5.75 Å². The topological polar surface area (TPSA) is 72.3 Å². The van der Waals surface area contributed by atoms with E-state index >= 15 is 0 Å². The Labute approximate surface area is 98.0 Å². The Bertz CT molecular complexity index is 296. The molecular formula is C9H14BrClN2O. The van der Waals surface area contributed by atoms with Crippen LogP contribution in [0.2, 0.25) is 0 Å². The zero-order valence-corrected chi connectivity index (χ0v) is 10.0. The molecule has 0 bridgehead atoms. The Morgan fingerprint density at radius 1 is 1.43 bits per heavy atom. The number of rotatable bonds is 3. The Balaban J connectivity index is 0.00000169. The molecule has 0 amide bonds. The fraction of sp³-hybridized carbons (Fsp3) is 0.333. The summed E-state index contributed by atoms with van der Waals surface area (Å²) in [6.45, 7) is 0.569. The van der Waals surface area contributed by atoms with Crippen molar-refractivity contribution in [2.24, 2.45) is 11.5 Å². The Morgan fingerprint density at radius 2 is 2.07 bits per heavy atom. The van der Waals surface area contributed by atoms with Gasteiger partial charge in [-0.25, -0.2) is 0 Å². The lowest BCUT2D eigenvalue weighted by atomic mass is 10.1. The lowest BCUT2D eigenvalue weighted by Gasteiger charge is -2.11. The molecule has 1 aromatic rings. The second kappa shape index (κ2) is 6.24. The quantitative estimate of drug-likeness (QED) is 0.792. The highest BCUT2D eigenvalue weighted by Crippen LogP contribution is 2.26. The monoisotopic (exact) mass is 280 g/mol. The zero-order valence-electron chi connectivity index (χ0n) is 7.61. The average molecular weight is 282 g/mol. The number of phenolic OH excluding ortho intramolecular Hbond substituents is 1. The number of phenols is 1. The van der Waals surface area contributed by atoms with E-state index in [9.17, 15) is 5.11 Å². The predicted octanol–water partition coefficient (Wildman–Crippen LogP) is 1.93. The Kier molecular flexibility index (Phi) is 6.11. The molecule has 14 heavy (non-hydrogen) atoms. The SMILES string of the molecule is Cl.NCC[C@@H](N)c1ccc(O)c(Br)c1. The third-order valence-electron chi connectivity index (χ3n) is 1.88. The van der Waals surface area contributed by atoms with Crippen LogP contribution in [0.5, 0.6) is 5.75 Å². The molecule has 0 spiro atoms. The molecule has 3 nitrogen and oxygen atoms in total. The van der Waals surface area contributed by atoms with Gasteiger partial charge in [-0.3, -0.25) is 0 Å². The predicted molar refractivity (Wildman–Crippen MR) is 63.7 cm³/mol. The van der Waals surface area contributed by atoms with E-state index in [1.807, 2.05) is 6.07 Å². The molecule has 1 rings (SSSR count). The van der Waals surface area contributed by atoms with Gasteiger partial charge in [0.15, 0.2) is 0 Å². The molecule has 0 aliphatic heterocycles. The fourth-order valence-corrected chi connectivity index (χ4v) is 1.50. The van der Waals surface area contributed by atoms with Crippen molar-refractivity contribution in [3.05, 3.63) is 28.2 Å². The van der Waals surface area contributed by atoms with Crippen LogP contribution in [0.15, 0.2) is 22.7 Å². The summed E-state index contributed by atoms with van der Waals surface area (Å²) < 4.78 is 0.664. The van der Waals surface area contributed by atoms with Crippen LogP contribution in [0.25, 0.3) is 0 Å². The summed E-state index contributed by atoms with van der Waals surface area (Å²) in [6, 6.07) is 5.19. The maximum atomic E-state index is 9.24. The number of hydrogen-bond donors (Lipinski definition) is 3. The van der Waals surface area contributed by atoms with Crippen molar-refractivity contribution in [1.29, 1.82) is 0 Å². The van der Waals surface area contributed by atoms with Crippen LogP contribution >= 0.6 is 28.3 Å².